The van der Waals surface area contributed by atoms with Gasteiger partial charge in [-0.3, -0.25) is 0 Å². The predicted molar refractivity (Wildman–Crippen MR) is 57.4 cm³/mol. The predicted octanol–water partition coefficient (Wildman–Crippen LogP) is 2.40. The first-order chi connectivity index (χ1) is 6.56. The second-order valence-electron chi connectivity index (χ2n) is 3.02. The molecule has 0 bridgehead atoms. The van der Waals surface area contributed by atoms with Crippen LogP contribution in [-0.4, -0.2) is 5.91 Å². The molecule has 0 unspecified atom stereocenters. The van der Waals surface area contributed by atoms with Gasteiger partial charge in [0, 0.05) is 0 Å². The zero-order valence-electron chi connectivity index (χ0n) is 8.41. The third-order valence-corrected chi connectivity index (χ3v) is 2.04. The number of hydrogen-bond acceptors (Lipinski definition) is 2. The maximum absolute atomic E-state index is 10.5. The summed E-state index contributed by atoms with van der Waals surface area (Å²) in [4.78, 5) is 10.5. The number of primary amides is 1. The summed E-state index contributed by atoms with van der Waals surface area (Å²) in [6.07, 6.45) is 4.91. The molecule has 0 saturated heterocycles. The van der Waals surface area contributed by atoms with Crippen molar-refractivity contribution in [3.05, 3.63) is 23.3 Å². The SMILES string of the molecule is CC(C#P=O)=CCC/C(C)=C\C(N)=O. The van der Waals surface area contributed by atoms with Crippen LogP contribution in [-0.2, 0) is 9.36 Å². The standard InChI is InChI=1S/C10H14NO2P/c1-8(6-10(11)12)4-3-5-9(2)7-14-13/h5-6H,3-4H2,1-2H3,(H2,11,12)/b8-6-,9-5?. The summed E-state index contributed by atoms with van der Waals surface area (Å²) in [5, 5.41) is 0. The van der Waals surface area contributed by atoms with Gasteiger partial charge < -0.3 is 0 Å². The van der Waals surface area contributed by atoms with Gasteiger partial charge in [-0.25, -0.2) is 0 Å². The van der Waals surface area contributed by atoms with Crippen LogP contribution in [0.2, 0.25) is 0 Å². The van der Waals surface area contributed by atoms with Crippen LogP contribution in [0.5, 0.6) is 0 Å². The van der Waals surface area contributed by atoms with E-state index in [2.05, 4.69) is 5.63 Å². The van der Waals surface area contributed by atoms with Crippen molar-refractivity contribution in [2.45, 2.75) is 26.7 Å². The molecule has 0 aliphatic carbocycles. The Morgan fingerprint density at radius 3 is 2.64 bits per heavy atom. The molecule has 4 heteroatoms. The van der Waals surface area contributed by atoms with Crippen molar-refractivity contribution in [1.82, 2.24) is 0 Å². The summed E-state index contributed by atoms with van der Waals surface area (Å²) < 4.78 is 10.1. The molecule has 0 atom stereocenters. The van der Waals surface area contributed by atoms with E-state index < -0.39 is 5.91 Å². The van der Waals surface area contributed by atoms with Crippen LogP contribution in [0.25, 0.3) is 0 Å². The Morgan fingerprint density at radius 2 is 2.14 bits per heavy atom. The molecule has 1 amide bonds. The van der Waals surface area contributed by atoms with Crippen LogP contribution in [0.3, 0.4) is 0 Å². The number of carbonyl (C=O) groups is 1. The van der Waals surface area contributed by atoms with E-state index in [0.717, 1.165) is 24.0 Å². The monoisotopic (exact) mass is 211 g/mol. The van der Waals surface area contributed by atoms with Crippen LogP contribution in [0.4, 0.5) is 0 Å². The van der Waals surface area contributed by atoms with Gasteiger partial charge in [-0.15, -0.1) is 0 Å². The molecular formula is C10H14NO2P. The first kappa shape index (κ1) is 13.0. The van der Waals surface area contributed by atoms with E-state index in [1.54, 1.807) is 0 Å². The molecule has 0 aromatic carbocycles. The summed E-state index contributed by atoms with van der Waals surface area (Å²) in [7, 11) is -0.0973. The molecule has 76 valence electrons. The molecule has 0 spiro atoms. The van der Waals surface area contributed by atoms with Crippen molar-refractivity contribution in [2.75, 3.05) is 0 Å². The van der Waals surface area contributed by atoms with Crippen molar-refractivity contribution in [3.8, 4) is 5.63 Å². The van der Waals surface area contributed by atoms with E-state index in [0.29, 0.717) is 0 Å². The number of nitrogens with two attached hydrogens (primary N) is 1. The molecule has 0 aliphatic rings. The van der Waals surface area contributed by atoms with Gasteiger partial charge in [-0.05, 0) is 0 Å². The van der Waals surface area contributed by atoms with Crippen molar-refractivity contribution in [3.63, 3.8) is 0 Å². The van der Waals surface area contributed by atoms with Gasteiger partial charge in [-0.2, -0.15) is 0 Å². The average Bonchev–Trinajstić information content (AvgIpc) is 2.02. The second-order valence-corrected chi connectivity index (χ2v) is 3.43. The van der Waals surface area contributed by atoms with Crippen LogP contribution in [0.15, 0.2) is 23.3 Å². The summed E-state index contributed by atoms with van der Waals surface area (Å²) in [6, 6.07) is 0. The fourth-order valence-corrected chi connectivity index (χ4v) is 1.18. The molecule has 0 aromatic rings. The van der Waals surface area contributed by atoms with E-state index in [-0.39, 0.29) is 7.92 Å². The van der Waals surface area contributed by atoms with E-state index >= 15 is 0 Å². The molecule has 0 aromatic heterocycles. The molecule has 0 aliphatic heterocycles. The van der Waals surface area contributed by atoms with Crippen molar-refractivity contribution >= 4 is 13.8 Å². The van der Waals surface area contributed by atoms with Crippen LogP contribution in [0.1, 0.15) is 26.7 Å². The third kappa shape index (κ3) is 7.60. The molecule has 0 rings (SSSR count). The normalized spacial score (nSPS) is 12.1. The molecule has 2 N–H and O–H groups in total. The number of carbonyl (C=O) groups excluding carboxylic acids is 1. The average molecular weight is 211 g/mol. The zero-order valence-corrected chi connectivity index (χ0v) is 9.30. The summed E-state index contributed by atoms with van der Waals surface area (Å²) in [6.45, 7) is 3.69. The number of amides is 1. The molecule has 0 radical (unpaired) electrons. The summed E-state index contributed by atoms with van der Waals surface area (Å²) in [5.41, 5.74) is 9.41. The maximum atomic E-state index is 10.5. The Morgan fingerprint density at radius 1 is 1.50 bits per heavy atom. The Kier molecular flexibility index (Phi) is 6.82. The van der Waals surface area contributed by atoms with Gasteiger partial charge in [0.2, 0.25) is 0 Å². The van der Waals surface area contributed by atoms with E-state index in [1.165, 1.54) is 6.08 Å². The van der Waals surface area contributed by atoms with Gasteiger partial charge >= 0.3 is 84.5 Å². The third-order valence-electron chi connectivity index (χ3n) is 1.60. The Labute approximate surface area is 85.2 Å². The van der Waals surface area contributed by atoms with Crippen LogP contribution in [0, 0.1) is 5.63 Å². The van der Waals surface area contributed by atoms with Gasteiger partial charge in [0.15, 0.2) is 0 Å². The fourth-order valence-electron chi connectivity index (χ4n) is 0.949. The second kappa shape index (κ2) is 7.37. The van der Waals surface area contributed by atoms with Gasteiger partial charge in [-0.1, -0.05) is 0 Å². The summed E-state index contributed by atoms with van der Waals surface area (Å²) >= 11 is 0. The number of allylic oxidation sites excluding steroid dienone is 3. The fraction of sp³-hybridized carbons (Fsp3) is 0.400. The molecule has 0 heterocycles. The van der Waals surface area contributed by atoms with E-state index in [4.69, 9.17) is 5.73 Å². The molecule has 3 nitrogen and oxygen atoms in total. The van der Waals surface area contributed by atoms with Crippen LogP contribution < -0.4 is 5.73 Å². The van der Waals surface area contributed by atoms with Crippen molar-refractivity contribution < 1.29 is 9.36 Å². The first-order valence-corrected chi connectivity index (χ1v) is 5.09. The number of rotatable bonds is 4. The van der Waals surface area contributed by atoms with Crippen molar-refractivity contribution in [2.24, 2.45) is 5.73 Å². The van der Waals surface area contributed by atoms with Crippen molar-refractivity contribution in [1.29, 1.82) is 0 Å². The Balaban J connectivity index is 4.06. The Bertz CT molecular complexity index is 363. The number of hydrogen-bond donors (Lipinski definition) is 1. The Hall–Kier alpha value is -1.04. The topological polar surface area (TPSA) is 60.2 Å². The van der Waals surface area contributed by atoms with E-state index in [9.17, 15) is 9.36 Å². The molecular weight excluding hydrogens is 197 g/mol. The van der Waals surface area contributed by atoms with Gasteiger partial charge in [0.25, 0.3) is 0 Å². The zero-order chi connectivity index (χ0) is 11.0. The quantitative estimate of drug-likeness (QED) is 0.573. The minimum atomic E-state index is -0.417. The first-order valence-electron chi connectivity index (χ1n) is 4.28. The van der Waals surface area contributed by atoms with Gasteiger partial charge in [0.05, 0.1) is 0 Å². The van der Waals surface area contributed by atoms with Gasteiger partial charge in [0.1, 0.15) is 0 Å². The van der Waals surface area contributed by atoms with E-state index in [1.807, 2.05) is 19.9 Å². The summed E-state index contributed by atoms with van der Waals surface area (Å²) in [5.74, 6) is -0.417. The van der Waals surface area contributed by atoms with Crippen LogP contribution >= 0.6 is 7.92 Å². The minimum absolute atomic E-state index is 0.0973. The molecule has 14 heavy (non-hydrogen) atoms. The molecule has 0 fully saturated rings. The molecule has 0 saturated carbocycles.